The summed E-state index contributed by atoms with van der Waals surface area (Å²) < 4.78 is 10.3. The normalized spacial score (nSPS) is 20.2. The molecule has 0 unspecified atom stereocenters. The van der Waals surface area contributed by atoms with E-state index in [-0.39, 0.29) is 11.3 Å². The molecular formula is C13H16N2O3. The average molecular weight is 248 g/mol. The molecule has 96 valence electrons. The minimum atomic E-state index is 0.0332. The fourth-order valence-electron chi connectivity index (χ4n) is 2.51. The second-order valence-electron chi connectivity index (χ2n) is 5.11. The number of ether oxygens (including phenoxy) is 2. The Kier molecular flexibility index (Phi) is 2.45. The molecule has 0 saturated carbocycles. The van der Waals surface area contributed by atoms with Crippen molar-refractivity contribution in [2.24, 2.45) is 5.41 Å². The number of nitrogens with zero attached hydrogens (tertiary/aromatic N) is 1. The Labute approximate surface area is 105 Å². The summed E-state index contributed by atoms with van der Waals surface area (Å²) in [6, 6.07) is 5.14. The summed E-state index contributed by atoms with van der Waals surface area (Å²) in [4.78, 5) is 14.1. The minimum Gasteiger partial charge on any atom is -0.495 e. The maximum absolute atomic E-state index is 12.2. The van der Waals surface area contributed by atoms with Crippen LogP contribution < -0.4 is 10.5 Å². The summed E-state index contributed by atoms with van der Waals surface area (Å²) >= 11 is 0. The van der Waals surface area contributed by atoms with Crippen molar-refractivity contribution in [1.82, 2.24) is 4.90 Å². The third-order valence-electron chi connectivity index (χ3n) is 3.64. The summed E-state index contributed by atoms with van der Waals surface area (Å²) in [6.07, 6.45) is 0. The number of benzene rings is 1. The zero-order valence-electron chi connectivity index (χ0n) is 10.3. The molecule has 1 spiro atoms. The smallest absolute Gasteiger partial charge is 0.254 e. The number of likely N-dealkylation sites (tertiary alicyclic amines) is 1. The number of rotatable bonds is 2. The molecule has 18 heavy (non-hydrogen) atoms. The monoisotopic (exact) mass is 248 g/mol. The van der Waals surface area contributed by atoms with Crippen LogP contribution in [-0.4, -0.2) is 44.2 Å². The van der Waals surface area contributed by atoms with Gasteiger partial charge in [0.15, 0.2) is 0 Å². The van der Waals surface area contributed by atoms with Gasteiger partial charge in [-0.15, -0.1) is 0 Å². The molecule has 2 aliphatic rings. The highest BCUT2D eigenvalue weighted by atomic mass is 16.5. The van der Waals surface area contributed by atoms with Crippen molar-refractivity contribution >= 4 is 11.6 Å². The number of carbonyl (C=O) groups excluding carboxylic acids is 1. The summed E-state index contributed by atoms with van der Waals surface area (Å²) in [6.45, 7) is 3.14. The lowest BCUT2D eigenvalue weighted by atomic mass is 9.78. The molecule has 1 amide bonds. The summed E-state index contributed by atoms with van der Waals surface area (Å²) in [5.74, 6) is 0.578. The quantitative estimate of drug-likeness (QED) is 0.784. The summed E-state index contributed by atoms with van der Waals surface area (Å²) in [5, 5.41) is 0. The van der Waals surface area contributed by atoms with Crippen LogP contribution in [0.4, 0.5) is 5.69 Å². The Bertz CT molecular complexity index is 489. The highest BCUT2D eigenvalue weighted by molar-refractivity contribution is 5.95. The Morgan fingerprint density at radius 1 is 1.44 bits per heavy atom. The lowest BCUT2D eigenvalue weighted by Gasteiger charge is -2.54. The molecule has 0 bridgehead atoms. The van der Waals surface area contributed by atoms with E-state index in [1.807, 2.05) is 4.90 Å². The van der Waals surface area contributed by atoms with Crippen LogP contribution in [0.3, 0.4) is 0 Å². The number of hydrogen-bond acceptors (Lipinski definition) is 4. The molecule has 0 aromatic heterocycles. The molecule has 3 rings (SSSR count). The van der Waals surface area contributed by atoms with E-state index >= 15 is 0 Å². The molecule has 0 atom stereocenters. The van der Waals surface area contributed by atoms with E-state index < -0.39 is 0 Å². The van der Waals surface area contributed by atoms with Crippen LogP contribution in [0.1, 0.15) is 10.4 Å². The number of hydrogen-bond donors (Lipinski definition) is 1. The van der Waals surface area contributed by atoms with E-state index in [2.05, 4.69) is 0 Å². The summed E-state index contributed by atoms with van der Waals surface area (Å²) in [5.41, 5.74) is 7.14. The van der Waals surface area contributed by atoms with Crippen molar-refractivity contribution in [3.05, 3.63) is 23.8 Å². The van der Waals surface area contributed by atoms with Gasteiger partial charge in [0.05, 0.1) is 31.4 Å². The number of anilines is 1. The zero-order chi connectivity index (χ0) is 12.8. The van der Waals surface area contributed by atoms with Crippen LogP contribution in [0.25, 0.3) is 0 Å². The molecule has 2 fully saturated rings. The average Bonchev–Trinajstić information content (AvgIpc) is 2.25. The van der Waals surface area contributed by atoms with Crippen molar-refractivity contribution in [1.29, 1.82) is 0 Å². The van der Waals surface area contributed by atoms with Gasteiger partial charge in [0.2, 0.25) is 0 Å². The van der Waals surface area contributed by atoms with Gasteiger partial charge in [-0.2, -0.15) is 0 Å². The Hall–Kier alpha value is -1.75. The van der Waals surface area contributed by atoms with E-state index in [0.29, 0.717) is 17.0 Å². The molecule has 0 aliphatic carbocycles. The summed E-state index contributed by atoms with van der Waals surface area (Å²) in [7, 11) is 1.55. The highest BCUT2D eigenvalue weighted by Crippen LogP contribution is 2.38. The van der Waals surface area contributed by atoms with Gasteiger partial charge in [0.25, 0.3) is 5.91 Å². The third-order valence-corrected chi connectivity index (χ3v) is 3.64. The molecule has 2 aliphatic heterocycles. The number of nitrogens with two attached hydrogens (primary N) is 1. The first-order valence-corrected chi connectivity index (χ1v) is 5.94. The highest BCUT2D eigenvalue weighted by Gasteiger charge is 2.50. The van der Waals surface area contributed by atoms with Crippen LogP contribution in [-0.2, 0) is 4.74 Å². The van der Waals surface area contributed by atoms with Crippen molar-refractivity contribution in [3.8, 4) is 5.75 Å². The third kappa shape index (κ3) is 1.62. The van der Waals surface area contributed by atoms with Crippen LogP contribution >= 0.6 is 0 Å². The second kappa shape index (κ2) is 3.88. The maximum Gasteiger partial charge on any atom is 0.254 e. The number of amides is 1. The molecule has 5 heteroatoms. The largest absolute Gasteiger partial charge is 0.495 e. The van der Waals surface area contributed by atoms with Crippen molar-refractivity contribution in [3.63, 3.8) is 0 Å². The van der Waals surface area contributed by atoms with Crippen LogP contribution in [0, 0.1) is 5.41 Å². The van der Waals surface area contributed by atoms with Gasteiger partial charge in [-0.05, 0) is 18.2 Å². The van der Waals surface area contributed by atoms with Crippen molar-refractivity contribution < 1.29 is 14.3 Å². The Morgan fingerprint density at radius 3 is 2.72 bits per heavy atom. The predicted molar refractivity (Wildman–Crippen MR) is 66.6 cm³/mol. The van der Waals surface area contributed by atoms with Gasteiger partial charge in [-0.1, -0.05) is 0 Å². The second-order valence-corrected chi connectivity index (χ2v) is 5.11. The first-order chi connectivity index (χ1) is 8.63. The SMILES string of the molecule is COc1cc(C(=O)N2CC3(COC3)C2)ccc1N. The van der Waals surface area contributed by atoms with Crippen molar-refractivity contribution in [2.45, 2.75) is 0 Å². The van der Waals surface area contributed by atoms with E-state index in [4.69, 9.17) is 15.2 Å². The fraction of sp³-hybridized carbons (Fsp3) is 0.462. The first-order valence-electron chi connectivity index (χ1n) is 5.94. The zero-order valence-corrected chi connectivity index (χ0v) is 10.3. The lowest BCUT2D eigenvalue weighted by Crippen LogP contribution is -2.67. The predicted octanol–water partition coefficient (Wildman–Crippen LogP) is 0.750. The molecule has 0 radical (unpaired) electrons. The molecular weight excluding hydrogens is 232 g/mol. The lowest BCUT2D eigenvalue weighted by molar-refractivity contribution is -0.176. The van der Waals surface area contributed by atoms with E-state index in [0.717, 1.165) is 26.3 Å². The topological polar surface area (TPSA) is 64.8 Å². The molecule has 2 N–H and O–H groups in total. The fourth-order valence-corrected chi connectivity index (χ4v) is 2.51. The molecule has 5 nitrogen and oxygen atoms in total. The number of nitrogen functional groups attached to an aromatic ring is 1. The van der Waals surface area contributed by atoms with Gasteiger partial charge >= 0.3 is 0 Å². The van der Waals surface area contributed by atoms with Gasteiger partial charge < -0.3 is 20.1 Å². The number of methoxy groups -OCH3 is 1. The number of carbonyl (C=O) groups is 1. The van der Waals surface area contributed by atoms with Gasteiger partial charge in [0, 0.05) is 18.7 Å². The maximum atomic E-state index is 12.2. The Balaban J connectivity index is 1.73. The molecule has 1 aromatic rings. The first kappa shape index (κ1) is 11.3. The van der Waals surface area contributed by atoms with E-state index in [1.54, 1.807) is 25.3 Å². The Morgan fingerprint density at radius 2 is 2.17 bits per heavy atom. The van der Waals surface area contributed by atoms with Crippen LogP contribution in [0.2, 0.25) is 0 Å². The molecule has 2 saturated heterocycles. The molecule has 1 aromatic carbocycles. The van der Waals surface area contributed by atoms with Crippen LogP contribution in [0.5, 0.6) is 5.75 Å². The molecule has 2 heterocycles. The van der Waals surface area contributed by atoms with E-state index in [9.17, 15) is 4.79 Å². The van der Waals surface area contributed by atoms with Gasteiger partial charge in [-0.3, -0.25) is 4.79 Å². The van der Waals surface area contributed by atoms with Crippen LogP contribution in [0.15, 0.2) is 18.2 Å². The standard InChI is InChI=1S/C13H16N2O3/c1-17-11-4-9(2-3-10(11)14)12(16)15-5-13(6-15)7-18-8-13/h2-4H,5-8,14H2,1H3. The van der Waals surface area contributed by atoms with Gasteiger partial charge in [-0.25, -0.2) is 0 Å². The van der Waals surface area contributed by atoms with Crippen molar-refractivity contribution in [2.75, 3.05) is 39.1 Å². The van der Waals surface area contributed by atoms with E-state index in [1.165, 1.54) is 0 Å². The van der Waals surface area contributed by atoms with Gasteiger partial charge in [0.1, 0.15) is 5.75 Å². The minimum absolute atomic E-state index is 0.0332.